The van der Waals surface area contributed by atoms with Crippen LogP contribution in [0, 0.1) is 10.5 Å². The number of halogens is 5. The summed E-state index contributed by atoms with van der Waals surface area (Å²) in [6, 6.07) is 1.23. The summed E-state index contributed by atoms with van der Waals surface area (Å²) >= 11 is 7.27. The molecule has 0 aliphatic carbocycles. The molecule has 0 saturated carbocycles. The van der Waals surface area contributed by atoms with E-state index in [0.717, 1.165) is 0 Å². The van der Waals surface area contributed by atoms with Crippen molar-refractivity contribution in [3.63, 3.8) is 0 Å². The van der Waals surface area contributed by atoms with Crippen LogP contribution in [-0.2, 0) is 5.88 Å². The highest BCUT2D eigenvalue weighted by Gasteiger charge is 2.32. The maximum atomic E-state index is 12.0. The molecule has 0 radical (unpaired) electrons. The third-order valence-electron chi connectivity index (χ3n) is 1.47. The van der Waals surface area contributed by atoms with Gasteiger partial charge in [0.2, 0.25) is 0 Å². The monoisotopic (exact) mass is 351 g/mol. The Balaban J connectivity index is 3.12. The zero-order valence-electron chi connectivity index (χ0n) is 7.53. The predicted octanol–water partition coefficient (Wildman–Crippen LogP) is 3.63. The summed E-state index contributed by atoms with van der Waals surface area (Å²) in [6.07, 6.45) is -4.70. The molecule has 0 spiro atoms. The van der Waals surface area contributed by atoms with Crippen LogP contribution in [-0.4, -0.2) is 11.3 Å². The standard InChI is InChI=1S/C8H6ClF3INO/c1-4-2-6(15-8(10,11)12)7(13)5(3-9)14-4/h2H,3H2,1H3. The number of hydrogen-bond donors (Lipinski definition) is 0. The summed E-state index contributed by atoms with van der Waals surface area (Å²) in [6.45, 7) is 1.58. The van der Waals surface area contributed by atoms with Crippen molar-refractivity contribution in [2.24, 2.45) is 0 Å². The predicted molar refractivity (Wildman–Crippen MR) is 57.9 cm³/mol. The molecule has 1 heterocycles. The van der Waals surface area contributed by atoms with Crippen LogP contribution in [0.4, 0.5) is 13.2 Å². The molecule has 0 N–H and O–H groups in total. The number of rotatable bonds is 2. The molecule has 2 nitrogen and oxygen atoms in total. The van der Waals surface area contributed by atoms with Gasteiger partial charge in [-0.1, -0.05) is 0 Å². The van der Waals surface area contributed by atoms with Gasteiger partial charge in [-0.05, 0) is 29.5 Å². The molecule has 84 valence electrons. The lowest BCUT2D eigenvalue weighted by Crippen LogP contribution is -2.18. The first-order valence-electron chi connectivity index (χ1n) is 3.81. The molecule has 0 atom stereocenters. The Labute approximate surface area is 103 Å². The van der Waals surface area contributed by atoms with Crippen LogP contribution in [0.2, 0.25) is 0 Å². The number of alkyl halides is 4. The summed E-state index contributed by atoms with van der Waals surface area (Å²) in [5, 5.41) is 0. The van der Waals surface area contributed by atoms with Crippen LogP contribution in [0.5, 0.6) is 5.75 Å². The van der Waals surface area contributed by atoms with Crippen LogP contribution < -0.4 is 4.74 Å². The van der Waals surface area contributed by atoms with Gasteiger partial charge < -0.3 is 4.74 Å². The fourth-order valence-corrected chi connectivity index (χ4v) is 1.97. The molecule has 0 aliphatic heterocycles. The number of ether oxygens (including phenoxy) is 1. The van der Waals surface area contributed by atoms with Crippen molar-refractivity contribution in [3.05, 3.63) is 21.0 Å². The van der Waals surface area contributed by atoms with E-state index < -0.39 is 6.36 Å². The van der Waals surface area contributed by atoms with Crippen LogP contribution in [0.1, 0.15) is 11.4 Å². The molecule has 1 aromatic rings. The quantitative estimate of drug-likeness (QED) is 0.600. The van der Waals surface area contributed by atoms with Crippen LogP contribution >= 0.6 is 34.2 Å². The lowest BCUT2D eigenvalue weighted by Gasteiger charge is -2.12. The molecule has 0 fully saturated rings. The first-order valence-corrected chi connectivity index (χ1v) is 5.42. The lowest BCUT2D eigenvalue weighted by molar-refractivity contribution is -0.275. The smallest absolute Gasteiger partial charge is 0.405 e. The second-order valence-corrected chi connectivity index (χ2v) is 4.05. The second-order valence-electron chi connectivity index (χ2n) is 2.70. The molecular weight excluding hydrogens is 345 g/mol. The van der Waals surface area contributed by atoms with Crippen molar-refractivity contribution in [1.29, 1.82) is 0 Å². The van der Waals surface area contributed by atoms with E-state index >= 15 is 0 Å². The van der Waals surface area contributed by atoms with E-state index in [1.54, 1.807) is 29.5 Å². The van der Waals surface area contributed by atoms with Crippen molar-refractivity contribution < 1.29 is 17.9 Å². The normalized spacial score (nSPS) is 11.6. The fourth-order valence-electron chi connectivity index (χ4n) is 0.977. The van der Waals surface area contributed by atoms with E-state index in [0.29, 0.717) is 11.4 Å². The van der Waals surface area contributed by atoms with Crippen LogP contribution in [0.15, 0.2) is 6.07 Å². The molecule has 1 aromatic heterocycles. The highest BCUT2D eigenvalue weighted by atomic mass is 127. The van der Waals surface area contributed by atoms with E-state index in [4.69, 9.17) is 11.6 Å². The average Bonchev–Trinajstić information content (AvgIpc) is 2.08. The van der Waals surface area contributed by atoms with Gasteiger partial charge in [0.15, 0.2) is 0 Å². The van der Waals surface area contributed by atoms with Crippen LogP contribution in [0.3, 0.4) is 0 Å². The first kappa shape index (κ1) is 12.8. The van der Waals surface area contributed by atoms with Gasteiger partial charge in [-0.3, -0.25) is 4.98 Å². The molecule has 0 bridgehead atoms. The minimum Gasteiger partial charge on any atom is -0.405 e. The third kappa shape index (κ3) is 3.67. The zero-order valence-corrected chi connectivity index (χ0v) is 10.4. The van der Waals surface area contributed by atoms with E-state index in [-0.39, 0.29) is 15.2 Å². The van der Waals surface area contributed by atoms with Gasteiger partial charge in [0, 0.05) is 11.8 Å². The van der Waals surface area contributed by atoms with E-state index in [1.807, 2.05) is 0 Å². The Morgan fingerprint density at radius 3 is 2.60 bits per heavy atom. The molecule has 0 saturated heterocycles. The number of hydrogen-bond acceptors (Lipinski definition) is 2. The Kier molecular flexibility index (Phi) is 4.05. The summed E-state index contributed by atoms with van der Waals surface area (Å²) in [5.41, 5.74) is 0.821. The molecule has 15 heavy (non-hydrogen) atoms. The highest BCUT2D eigenvalue weighted by molar-refractivity contribution is 14.1. The fraction of sp³-hybridized carbons (Fsp3) is 0.375. The number of aromatic nitrogens is 1. The second kappa shape index (κ2) is 4.73. The van der Waals surface area contributed by atoms with Crippen molar-refractivity contribution in [3.8, 4) is 5.75 Å². The summed E-state index contributed by atoms with van der Waals surface area (Å²) < 4.78 is 40.2. The van der Waals surface area contributed by atoms with Gasteiger partial charge in [-0.25, -0.2) is 0 Å². The van der Waals surface area contributed by atoms with Crippen molar-refractivity contribution in [2.75, 3.05) is 0 Å². The van der Waals surface area contributed by atoms with Crippen molar-refractivity contribution in [2.45, 2.75) is 19.2 Å². The Morgan fingerprint density at radius 1 is 1.53 bits per heavy atom. The summed E-state index contributed by atoms with van der Waals surface area (Å²) in [4.78, 5) is 4.00. The Morgan fingerprint density at radius 2 is 2.13 bits per heavy atom. The van der Waals surface area contributed by atoms with E-state index in [2.05, 4.69) is 9.72 Å². The molecule has 0 amide bonds. The van der Waals surface area contributed by atoms with E-state index in [9.17, 15) is 13.2 Å². The zero-order chi connectivity index (χ0) is 11.6. The Bertz CT molecular complexity index is 370. The van der Waals surface area contributed by atoms with E-state index in [1.165, 1.54) is 6.07 Å². The topological polar surface area (TPSA) is 22.1 Å². The molecular formula is C8H6ClF3INO. The minimum absolute atomic E-state index is 0.0498. The number of nitrogens with zero attached hydrogens (tertiary/aromatic N) is 1. The average molecular weight is 351 g/mol. The number of pyridine rings is 1. The molecule has 0 aromatic carbocycles. The van der Waals surface area contributed by atoms with Crippen molar-refractivity contribution >= 4 is 34.2 Å². The lowest BCUT2D eigenvalue weighted by atomic mass is 10.3. The largest absolute Gasteiger partial charge is 0.573 e. The molecule has 0 aliphatic rings. The molecule has 1 rings (SSSR count). The number of aryl methyl sites for hydroxylation is 1. The molecule has 7 heteroatoms. The van der Waals surface area contributed by atoms with Crippen molar-refractivity contribution in [1.82, 2.24) is 4.98 Å². The maximum absolute atomic E-state index is 12.0. The van der Waals surface area contributed by atoms with Gasteiger partial charge in [0.25, 0.3) is 0 Å². The van der Waals surface area contributed by atoms with Gasteiger partial charge in [0.05, 0.1) is 15.1 Å². The summed E-state index contributed by atoms with van der Waals surface area (Å²) in [7, 11) is 0. The van der Waals surface area contributed by atoms with Gasteiger partial charge in [0.1, 0.15) is 5.75 Å². The molecule has 0 unspecified atom stereocenters. The SMILES string of the molecule is Cc1cc(OC(F)(F)F)c(I)c(CCl)n1. The van der Waals surface area contributed by atoms with Crippen LogP contribution in [0.25, 0.3) is 0 Å². The third-order valence-corrected chi connectivity index (χ3v) is 2.88. The first-order chi connectivity index (χ1) is 6.83. The van der Waals surface area contributed by atoms with Gasteiger partial charge in [-0.15, -0.1) is 24.8 Å². The van der Waals surface area contributed by atoms with Gasteiger partial charge >= 0.3 is 6.36 Å². The maximum Gasteiger partial charge on any atom is 0.573 e. The highest BCUT2D eigenvalue weighted by Crippen LogP contribution is 2.30. The summed E-state index contributed by atoms with van der Waals surface area (Å²) in [5.74, 6) is -0.208. The van der Waals surface area contributed by atoms with Gasteiger partial charge in [-0.2, -0.15) is 0 Å². The Hall–Kier alpha value is -0.240. The minimum atomic E-state index is -4.70.